The van der Waals surface area contributed by atoms with Gasteiger partial charge in [-0.15, -0.1) is 10.2 Å². The van der Waals surface area contributed by atoms with E-state index < -0.39 is 5.97 Å². The molecular weight excluding hydrogens is 456 g/mol. The number of aromatic amines is 1. The van der Waals surface area contributed by atoms with Crippen molar-refractivity contribution in [1.29, 1.82) is 0 Å². The van der Waals surface area contributed by atoms with Crippen molar-refractivity contribution in [3.05, 3.63) is 71.0 Å². The third-order valence-corrected chi connectivity index (χ3v) is 5.41. The minimum Gasteiger partial charge on any atom is -0.510 e. The minimum absolute atomic E-state index is 0.0194. The average molecular weight is 473 g/mol. The summed E-state index contributed by atoms with van der Waals surface area (Å²) in [6.07, 6.45) is 0. The van der Waals surface area contributed by atoms with Crippen LogP contribution in [0, 0.1) is 0 Å². The Balaban J connectivity index is 1.46. The zero-order chi connectivity index (χ0) is 22.5. The normalized spacial score (nSPS) is 11.9. The van der Waals surface area contributed by atoms with Crippen LogP contribution in [-0.4, -0.2) is 44.1 Å². The van der Waals surface area contributed by atoms with Gasteiger partial charge < -0.3 is 24.0 Å². The number of hydrogen-bond donors (Lipinski definition) is 2. The molecule has 4 aromatic rings. The van der Waals surface area contributed by atoms with Crippen molar-refractivity contribution >= 4 is 45.9 Å². The summed E-state index contributed by atoms with van der Waals surface area (Å²) >= 11 is 7.10. The molecule has 0 bridgehead atoms. The van der Waals surface area contributed by atoms with Crippen molar-refractivity contribution in [2.75, 3.05) is 12.9 Å². The molecule has 2 aromatic heterocycles. The molecule has 0 saturated heterocycles. The van der Waals surface area contributed by atoms with E-state index in [2.05, 4.69) is 20.2 Å². The molecule has 0 unspecified atom stereocenters. The summed E-state index contributed by atoms with van der Waals surface area (Å²) in [5.74, 6) is -0.0452. The van der Waals surface area contributed by atoms with Crippen molar-refractivity contribution in [2.24, 2.45) is 0 Å². The SMILES string of the molecule is COC(=O)/C(=C(/O)CSc1nnc(COc2ccccc2Cl)o1)c1nc2ccccc2[nH]1. The van der Waals surface area contributed by atoms with E-state index in [4.69, 9.17) is 25.5 Å². The molecular formula is C21H17ClN4O5S. The first kappa shape index (κ1) is 21.7. The summed E-state index contributed by atoms with van der Waals surface area (Å²) in [4.78, 5) is 19.7. The quantitative estimate of drug-likeness (QED) is 0.166. The van der Waals surface area contributed by atoms with Crippen LogP contribution in [0.4, 0.5) is 0 Å². The van der Waals surface area contributed by atoms with E-state index in [9.17, 15) is 9.90 Å². The first-order chi connectivity index (χ1) is 15.5. The van der Waals surface area contributed by atoms with E-state index in [0.29, 0.717) is 16.3 Å². The highest BCUT2D eigenvalue weighted by Gasteiger charge is 2.23. The number of hydrogen-bond acceptors (Lipinski definition) is 9. The number of imidazole rings is 1. The van der Waals surface area contributed by atoms with Gasteiger partial charge in [0.25, 0.3) is 11.1 Å². The van der Waals surface area contributed by atoms with Gasteiger partial charge in [0.1, 0.15) is 22.9 Å². The molecule has 0 atom stereocenters. The zero-order valence-corrected chi connectivity index (χ0v) is 18.3. The molecule has 2 heterocycles. The Hall–Kier alpha value is -3.50. The van der Waals surface area contributed by atoms with Crippen LogP contribution in [0.1, 0.15) is 11.7 Å². The number of rotatable bonds is 8. The lowest BCUT2D eigenvalue weighted by Crippen LogP contribution is -2.09. The number of thioether (sulfide) groups is 1. The highest BCUT2D eigenvalue weighted by Crippen LogP contribution is 2.27. The Morgan fingerprint density at radius 2 is 1.97 bits per heavy atom. The second-order valence-corrected chi connectivity index (χ2v) is 7.72. The van der Waals surface area contributed by atoms with E-state index in [1.807, 2.05) is 18.2 Å². The van der Waals surface area contributed by atoms with E-state index in [-0.39, 0.29) is 40.6 Å². The molecule has 164 valence electrons. The van der Waals surface area contributed by atoms with Gasteiger partial charge in [0.15, 0.2) is 6.61 Å². The van der Waals surface area contributed by atoms with Crippen molar-refractivity contribution in [2.45, 2.75) is 11.8 Å². The van der Waals surface area contributed by atoms with Crippen LogP contribution in [0.15, 0.2) is 63.9 Å². The first-order valence-corrected chi connectivity index (χ1v) is 10.7. The molecule has 32 heavy (non-hydrogen) atoms. The number of nitrogens with one attached hydrogen (secondary N) is 1. The number of aromatic nitrogens is 4. The van der Waals surface area contributed by atoms with Gasteiger partial charge in [0.2, 0.25) is 0 Å². The maximum Gasteiger partial charge on any atom is 0.345 e. The van der Waals surface area contributed by atoms with E-state index in [0.717, 1.165) is 17.3 Å². The van der Waals surface area contributed by atoms with Gasteiger partial charge in [-0.3, -0.25) is 0 Å². The first-order valence-electron chi connectivity index (χ1n) is 9.33. The second-order valence-electron chi connectivity index (χ2n) is 6.39. The Labute approximate surface area is 191 Å². The van der Waals surface area contributed by atoms with Crippen LogP contribution in [0.25, 0.3) is 16.6 Å². The second kappa shape index (κ2) is 9.75. The highest BCUT2D eigenvalue weighted by atomic mass is 35.5. The molecule has 9 nitrogen and oxygen atoms in total. The fourth-order valence-corrected chi connectivity index (χ4v) is 3.63. The molecule has 0 aliphatic rings. The number of carbonyl (C=O) groups is 1. The Morgan fingerprint density at radius 1 is 1.19 bits per heavy atom. The van der Waals surface area contributed by atoms with Crippen LogP contribution < -0.4 is 4.74 Å². The molecule has 0 amide bonds. The summed E-state index contributed by atoms with van der Waals surface area (Å²) in [5, 5.41) is 19.1. The van der Waals surface area contributed by atoms with Crippen LogP contribution in [0.5, 0.6) is 5.75 Å². The fourth-order valence-electron chi connectivity index (χ4n) is 2.78. The number of H-pyrrole nitrogens is 1. The molecule has 4 rings (SSSR count). The number of methoxy groups -OCH3 is 1. The van der Waals surface area contributed by atoms with Crippen LogP contribution in [-0.2, 0) is 16.1 Å². The minimum atomic E-state index is -0.721. The van der Waals surface area contributed by atoms with Crippen molar-refractivity contribution < 1.29 is 23.8 Å². The van der Waals surface area contributed by atoms with Crippen molar-refractivity contribution in [1.82, 2.24) is 20.2 Å². The molecule has 0 aliphatic carbocycles. The zero-order valence-electron chi connectivity index (χ0n) is 16.7. The summed E-state index contributed by atoms with van der Waals surface area (Å²) < 4.78 is 15.9. The van der Waals surface area contributed by atoms with Gasteiger partial charge >= 0.3 is 5.97 Å². The lowest BCUT2D eigenvalue weighted by molar-refractivity contribution is -0.133. The largest absolute Gasteiger partial charge is 0.510 e. The summed E-state index contributed by atoms with van der Waals surface area (Å²) in [6, 6.07) is 14.3. The number of carbonyl (C=O) groups excluding carboxylic acids is 1. The van der Waals surface area contributed by atoms with Crippen LogP contribution in [0.3, 0.4) is 0 Å². The number of ether oxygens (including phenoxy) is 2. The standard InChI is InChI=1S/C21H17ClN4O5S/c1-29-20(28)18(19-23-13-7-3-4-8-14(13)24-19)15(27)11-32-21-26-25-17(31-21)10-30-16-9-5-2-6-12(16)22/h2-9,27H,10-11H2,1H3,(H,23,24)/b18-15+. The fraction of sp³-hybridized carbons (Fsp3) is 0.143. The average Bonchev–Trinajstić information content (AvgIpc) is 3.43. The Kier molecular flexibility index (Phi) is 6.62. The number of nitrogens with zero attached hydrogens (tertiary/aromatic N) is 3. The van der Waals surface area contributed by atoms with E-state index >= 15 is 0 Å². The molecule has 0 aliphatic heterocycles. The number of para-hydroxylation sites is 3. The summed E-state index contributed by atoms with van der Waals surface area (Å²) in [5.41, 5.74) is 1.31. The predicted octanol–water partition coefficient (Wildman–Crippen LogP) is 4.41. The van der Waals surface area contributed by atoms with Gasteiger partial charge in [-0.2, -0.15) is 0 Å². The third-order valence-electron chi connectivity index (χ3n) is 4.27. The predicted molar refractivity (Wildman–Crippen MR) is 118 cm³/mol. The van der Waals surface area contributed by atoms with Crippen molar-refractivity contribution in [3.63, 3.8) is 0 Å². The number of esters is 1. The van der Waals surface area contributed by atoms with E-state index in [1.165, 1.54) is 7.11 Å². The van der Waals surface area contributed by atoms with Gasteiger partial charge in [-0.1, -0.05) is 47.6 Å². The number of fused-ring (bicyclic) bond motifs is 1. The maximum absolute atomic E-state index is 12.3. The number of aliphatic hydroxyl groups excluding tert-OH is 1. The summed E-state index contributed by atoms with van der Waals surface area (Å²) in [7, 11) is 1.23. The number of halogens is 1. The van der Waals surface area contributed by atoms with Crippen LogP contribution >= 0.6 is 23.4 Å². The number of benzene rings is 2. The lowest BCUT2D eigenvalue weighted by atomic mass is 10.2. The Bertz CT molecular complexity index is 1250. The third kappa shape index (κ3) is 4.87. The molecule has 0 spiro atoms. The highest BCUT2D eigenvalue weighted by molar-refractivity contribution is 7.99. The van der Waals surface area contributed by atoms with Gasteiger partial charge in [0.05, 0.1) is 28.9 Å². The summed E-state index contributed by atoms with van der Waals surface area (Å²) in [6.45, 7) is 0.0332. The maximum atomic E-state index is 12.3. The molecule has 2 N–H and O–H groups in total. The Morgan fingerprint density at radius 3 is 2.75 bits per heavy atom. The van der Waals surface area contributed by atoms with Gasteiger partial charge in [0, 0.05) is 0 Å². The molecule has 0 radical (unpaired) electrons. The topological polar surface area (TPSA) is 123 Å². The molecule has 0 saturated carbocycles. The lowest BCUT2D eigenvalue weighted by Gasteiger charge is -2.06. The molecule has 11 heteroatoms. The van der Waals surface area contributed by atoms with Gasteiger partial charge in [-0.25, -0.2) is 9.78 Å². The van der Waals surface area contributed by atoms with Crippen LogP contribution in [0.2, 0.25) is 5.02 Å². The van der Waals surface area contributed by atoms with Gasteiger partial charge in [-0.05, 0) is 24.3 Å². The van der Waals surface area contributed by atoms with Crippen molar-refractivity contribution in [3.8, 4) is 5.75 Å². The monoisotopic (exact) mass is 472 g/mol. The smallest absolute Gasteiger partial charge is 0.345 e. The number of aliphatic hydroxyl groups is 1. The molecule has 2 aromatic carbocycles. The van der Waals surface area contributed by atoms with E-state index in [1.54, 1.807) is 30.3 Å². The molecule has 0 fully saturated rings.